The van der Waals surface area contributed by atoms with Crippen LogP contribution in [0.4, 0.5) is 0 Å². The zero-order valence-corrected chi connectivity index (χ0v) is 3.66. The minimum Gasteiger partial charge on any atom is -0.303 e. The zero-order chi connectivity index (χ0) is 4.99. The van der Waals surface area contributed by atoms with Gasteiger partial charge >= 0.3 is 0 Å². The van der Waals surface area contributed by atoms with Crippen molar-refractivity contribution in [3.05, 3.63) is 0 Å². The fourth-order valence-corrected chi connectivity index (χ4v) is 0.137. The number of thiol groups is 1. The first-order valence-electron chi connectivity index (χ1n) is 1.87. The van der Waals surface area contributed by atoms with Crippen LogP contribution in [0.1, 0.15) is 7.79 Å². The lowest BCUT2D eigenvalue weighted by Crippen LogP contribution is -1.70. The summed E-state index contributed by atoms with van der Waals surface area (Å²) in [6, 6.07) is 0. The van der Waals surface area contributed by atoms with Crippen LogP contribution < -0.4 is 0 Å². The third kappa shape index (κ3) is 4.02. The predicted molar refractivity (Wildman–Crippen MR) is 24.5 cm³/mol. The summed E-state index contributed by atoms with van der Waals surface area (Å²) in [4.78, 5) is 9.66. The van der Waals surface area contributed by atoms with Gasteiger partial charge in [-0.15, -0.1) is 0 Å². The number of carbonyl (C=O) groups excluding carboxylic acids is 1. The quantitative estimate of drug-likeness (QED) is 0.387. The largest absolute Gasteiger partial charge is 0.303 e. The van der Waals surface area contributed by atoms with Gasteiger partial charge in [-0.1, -0.05) is 0 Å². The molecule has 0 N–H and O–H groups in total. The molecule has 0 unspecified atom stereocenters. The Hall–Kier alpha value is 0.0200. The van der Waals surface area contributed by atoms with Crippen LogP contribution in [-0.2, 0) is 4.79 Å². The molecule has 0 spiro atoms. The minimum absolute atomic E-state index is 0.267. The number of aldehydes is 1. The first kappa shape index (κ1) is 3.22. The summed E-state index contributed by atoms with van der Waals surface area (Å²) in [5, 5.41) is 0. The second-order valence-corrected chi connectivity index (χ2v) is 1.07. The average molecular weight is 91.2 g/mol. The van der Waals surface area contributed by atoms with Crippen LogP contribution in [0.15, 0.2) is 0 Å². The van der Waals surface area contributed by atoms with E-state index in [1.165, 1.54) is 0 Å². The second-order valence-electron chi connectivity index (χ2n) is 0.618. The Morgan fingerprint density at radius 3 is 2.80 bits per heavy atom. The highest BCUT2D eigenvalue weighted by molar-refractivity contribution is 7.80. The van der Waals surface area contributed by atoms with Crippen molar-refractivity contribution < 1.29 is 6.17 Å². The van der Waals surface area contributed by atoms with E-state index in [0.29, 0.717) is 5.75 Å². The van der Waals surface area contributed by atoms with Gasteiger partial charge in [-0.05, 0) is 5.75 Å². The third-order valence-electron chi connectivity index (χ3n) is 0.214. The molecule has 0 rings (SSSR count). The molecule has 0 heterocycles. The van der Waals surface area contributed by atoms with Crippen molar-refractivity contribution in [2.24, 2.45) is 0 Å². The van der Waals surface area contributed by atoms with E-state index in [0.717, 1.165) is 0 Å². The molecule has 2 heteroatoms. The number of rotatable bonds is 2. The monoisotopic (exact) mass is 91.0 g/mol. The van der Waals surface area contributed by atoms with Crippen LogP contribution in [0.5, 0.6) is 0 Å². The minimum atomic E-state index is -0.537. The summed E-state index contributed by atoms with van der Waals surface area (Å²) in [5.41, 5.74) is 0. The van der Waals surface area contributed by atoms with Crippen LogP contribution in [0.2, 0.25) is 0 Å². The molecule has 0 amide bonds. The van der Waals surface area contributed by atoms with Crippen LogP contribution >= 0.6 is 12.6 Å². The number of hydrogen-bond donors (Lipinski definition) is 1. The molecule has 0 aromatic rings. The van der Waals surface area contributed by atoms with E-state index in [9.17, 15) is 4.79 Å². The summed E-state index contributed by atoms with van der Waals surface area (Å²) in [6.07, 6.45) is -0.270. The summed E-state index contributed by atoms with van der Waals surface area (Å²) < 4.78 is 6.29. The topological polar surface area (TPSA) is 17.1 Å². The lowest BCUT2D eigenvalue weighted by Gasteiger charge is -1.68. The highest BCUT2D eigenvalue weighted by atomic mass is 32.1. The van der Waals surface area contributed by atoms with Crippen LogP contribution in [-0.4, -0.2) is 12.0 Å². The van der Waals surface area contributed by atoms with Gasteiger partial charge in [0, 0.05) is 6.42 Å². The molecule has 1 nitrogen and oxygen atoms in total. The smallest absolute Gasteiger partial charge is 0.120 e. The molecule has 0 atom stereocenters. The van der Waals surface area contributed by atoms with Gasteiger partial charge < -0.3 is 4.79 Å². The molecular formula is C3H6OS. The van der Waals surface area contributed by atoms with Crippen molar-refractivity contribution in [2.75, 3.05) is 5.75 Å². The summed E-state index contributed by atoms with van der Waals surface area (Å²) in [7, 11) is 0. The van der Waals surface area contributed by atoms with Gasteiger partial charge in [0.25, 0.3) is 0 Å². The summed E-state index contributed by atoms with van der Waals surface area (Å²) in [6.45, 7) is 0. The highest BCUT2D eigenvalue weighted by Gasteiger charge is 1.67. The molecule has 0 aromatic carbocycles. The Bertz CT molecular complexity index is 54.8. The molecule has 0 aromatic heterocycles. The molecule has 5 heavy (non-hydrogen) atoms. The molecule has 0 aliphatic rings. The standard InChI is InChI=1S/C3H6OS/c4-2-1-3-5/h2,5H,1,3H2/i2D. The molecule has 0 fully saturated rings. The summed E-state index contributed by atoms with van der Waals surface area (Å²) in [5.74, 6) is 0.488. The van der Waals surface area contributed by atoms with Crippen LogP contribution in [0, 0.1) is 0 Å². The van der Waals surface area contributed by atoms with E-state index in [2.05, 4.69) is 12.6 Å². The second kappa shape index (κ2) is 4.02. The van der Waals surface area contributed by atoms with Gasteiger partial charge in [0.05, 0.1) is 0 Å². The number of hydrogen-bond acceptors (Lipinski definition) is 2. The third-order valence-corrected chi connectivity index (χ3v) is 0.437. The molecule has 0 bridgehead atoms. The van der Waals surface area contributed by atoms with Crippen molar-refractivity contribution in [3.63, 3.8) is 0 Å². The van der Waals surface area contributed by atoms with Crippen molar-refractivity contribution in [2.45, 2.75) is 6.42 Å². The maximum Gasteiger partial charge on any atom is 0.120 e. The van der Waals surface area contributed by atoms with Crippen LogP contribution in [0.3, 0.4) is 0 Å². The van der Waals surface area contributed by atoms with Crippen molar-refractivity contribution in [1.82, 2.24) is 0 Å². The van der Waals surface area contributed by atoms with Gasteiger partial charge in [0.1, 0.15) is 7.63 Å². The van der Waals surface area contributed by atoms with E-state index < -0.39 is 6.26 Å². The predicted octanol–water partition coefficient (Wildman–Crippen LogP) is 0.505. The first-order chi connectivity index (χ1) is 2.77. The normalized spacial score (nSPS) is 10.2. The van der Waals surface area contributed by atoms with Gasteiger partial charge in [-0.25, -0.2) is 0 Å². The Morgan fingerprint density at radius 2 is 2.80 bits per heavy atom. The SMILES string of the molecule is [2H]C(=O)CCS. The van der Waals surface area contributed by atoms with E-state index in [1.807, 2.05) is 0 Å². The lowest BCUT2D eigenvalue weighted by atomic mass is 10.6. The van der Waals surface area contributed by atoms with Gasteiger partial charge in [0.15, 0.2) is 0 Å². The van der Waals surface area contributed by atoms with Crippen molar-refractivity contribution in [1.29, 1.82) is 0 Å². The fraction of sp³-hybridized carbons (Fsp3) is 0.667. The number of carbonyl (C=O) groups is 1. The van der Waals surface area contributed by atoms with E-state index >= 15 is 0 Å². The maximum atomic E-state index is 9.66. The lowest BCUT2D eigenvalue weighted by molar-refractivity contribution is -0.107. The Balaban J connectivity index is 2.83. The maximum absolute atomic E-state index is 9.66. The van der Waals surface area contributed by atoms with E-state index in [4.69, 9.17) is 1.37 Å². The molecule has 0 aliphatic heterocycles. The molecule has 0 saturated carbocycles. The van der Waals surface area contributed by atoms with Crippen molar-refractivity contribution in [3.8, 4) is 0 Å². The molecule has 0 aliphatic carbocycles. The van der Waals surface area contributed by atoms with E-state index in [1.54, 1.807) is 0 Å². The molecule has 0 radical (unpaired) electrons. The van der Waals surface area contributed by atoms with Crippen LogP contribution in [0.25, 0.3) is 0 Å². The Labute approximate surface area is 38.2 Å². The van der Waals surface area contributed by atoms with Gasteiger partial charge in [0.2, 0.25) is 0 Å². The highest BCUT2D eigenvalue weighted by Crippen LogP contribution is 1.73. The van der Waals surface area contributed by atoms with E-state index in [-0.39, 0.29) is 6.42 Å². The van der Waals surface area contributed by atoms with Gasteiger partial charge in [-0.2, -0.15) is 12.6 Å². The Kier molecular flexibility index (Phi) is 2.59. The zero-order valence-electron chi connectivity index (χ0n) is 3.77. The van der Waals surface area contributed by atoms with Crippen molar-refractivity contribution >= 4 is 18.9 Å². The molecule has 30 valence electrons. The Morgan fingerprint density at radius 1 is 2.20 bits per heavy atom. The summed E-state index contributed by atoms with van der Waals surface area (Å²) >= 11 is 3.72. The molecule has 0 saturated heterocycles. The first-order valence-corrected chi connectivity index (χ1v) is 2.01. The molecular weight excluding hydrogens is 84.1 g/mol. The van der Waals surface area contributed by atoms with Gasteiger partial charge in [-0.3, -0.25) is 0 Å². The average Bonchev–Trinajstić information content (AvgIpc) is 1.35. The fourth-order valence-electron chi connectivity index (χ4n) is 0.0456.